The van der Waals surface area contributed by atoms with E-state index in [2.05, 4.69) is 20.4 Å². The van der Waals surface area contributed by atoms with Crippen molar-refractivity contribution in [3.63, 3.8) is 0 Å². The molecule has 0 saturated carbocycles. The summed E-state index contributed by atoms with van der Waals surface area (Å²) in [4.78, 5) is 8.57. The van der Waals surface area contributed by atoms with Crippen LogP contribution in [-0.2, 0) is 45.2 Å². The van der Waals surface area contributed by atoms with Crippen LogP contribution in [0.1, 0.15) is 63.5 Å². The minimum absolute atomic E-state index is 0.00480. The molecule has 2 aromatic heterocycles. The van der Waals surface area contributed by atoms with Gasteiger partial charge in [-0.15, -0.1) is 16.4 Å². The van der Waals surface area contributed by atoms with Crippen LogP contribution in [-0.4, -0.2) is 37.1 Å². The van der Waals surface area contributed by atoms with Gasteiger partial charge in [0.1, 0.15) is 0 Å². The zero-order chi connectivity index (χ0) is 33.3. The SMILES string of the molecule is CCC(c1ccc(C(F)(F)F)cc1CN(Cc1cc(C(F)(F)F)cc(C(F)(F)F)c1)c1nnn(C)n1)N(C)Cc1csc(C)n1. The molecule has 1 unspecified atom stereocenters. The molecule has 17 heteroatoms. The smallest absolute Gasteiger partial charge is 0.330 e. The number of aromatic nitrogens is 5. The Kier molecular flexibility index (Phi) is 9.82. The average molecular weight is 666 g/mol. The van der Waals surface area contributed by atoms with Crippen molar-refractivity contribution in [3.8, 4) is 0 Å². The topological polar surface area (TPSA) is 63.0 Å². The van der Waals surface area contributed by atoms with E-state index in [0.29, 0.717) is 30.7 Å². The lowest BCUT2D eigenvalue weighted by atomic mass is 9.94. The molecule has 0 aliphatic rings. The van der Waals surface area contributed by atoms with Crippen LogP contribution < -0.4 is 4.90 Å². The van der Waals surface area contributed by atoms with E-state index >= 15 is 0 Å². The van der Waals surface area contributed by atoms with Crippen molar-refractivity contribution in [2.75, 3.05) is 11.9 Å². The van der Waals surface area contributed by atoms with Gasteiger partial charge in [0.15, 0.2) is 0 Å². The number of aryl methyl sites for hydroxylation is 2. The molecule has 0 fully saturated rings. The standard InChI is InChI=1S/C28H28F9N7S/c1-5-24(42(3)14-22-15-45-16(2)38-22)23-7-6-19(26(29,30)31)10-18(23)13-44(25-39-41-43(4)40-25)12-17-8-20(27(32,33)34)11-21(9-17)28(35,36)37/h6-11,15,24H,5,12-14H2,1-4H3. The predicted octanol–water partition coefficient (Wildman–Crippen LogP) is 7.82. The summed E-state index contributed by atoms with van der Waals surface area (Å²) in [6, 6.07) is 3.90. The van der Waals surface area contributed by atoms with E-state index in [0.717, 1.165) is 27.6 Å². The van der Waals surface area contributed by atoms with Crippen molar-refractivity contribution in [3.05, 3.63) is 85.9 Å². The zero-order valence-corrected chi connectivity index (χ0v) is 25.2. The van der Waals surface area contributed by atoms with Crippen LogP contribution in [0.4, 0.5) is 45.5 Å². The maximum Gasteiger partial charge on any atom is 0.416 e. The average Bonchev–Trinajstić information content (AvgIpc) is 3.55. The van der Waals surface area contributed by atoms with Crippen molar-refractivity contribution in [2.24, 2.45) is 7.05 Å². The second kappa shape index (κ2) is 12.9. The Morgan fingerprint density at radius 2 is 1.47 bits per heavy atom. The number of tetrazole rings is 1. The molecule has 2 heterocycles. The monoisotopic (exact) mass is 665 g/mol. The minimum Gasteiger partial charge on any atom is -0.330 e. The van der Waals surface area contributed by atoms with Gasteiger partial charge in [-0.25, -0.2) is 4.98 Å². The third-order valence-corrected chi connectivity index (χ3v) is 7.81. The molecule has 2 aromatic carbocycles. The molecule has 4 aromatic rings. The van der Waals surface area contributed by atoms with Crippen molar-refractivity contribution in [1.82, 2.24) is 30.1 Å². The zero-order valence-electron chi connectivity index (χ0n) is 24.4. The third-order valence-electron chi connectivity index (χ3n) is 6.99. The Hall–Kier alpha value is -3.73. The fourth-order valence-corrected chi connectivity index (χ4v) is 5.60. The molecule has 45 heavy (non-hydrogen) atoms. The van der Waals surface area contributed by atoms with Gasteiger partial charge in [0.05, 0.1) is 34.4 Å². The van der Waals surface area contributed by atoms with Gasteiger partial charge in [-0.1, -0.05) is 18.1 Å². The van der Waals surface area contributed by atoms with E-state index in [1.165, 1.54) is 29.4 Å². The summed E-state index contributed by atoms with van der Waals surface area (Å²) < 4.78 is 123. The van der Waals surface area contributed by atoms with Crippen LogP contribution in [0.3, 0.4) is 0 Å². The Morgan fingerprint density at radius 3 is 1.96 bits per heavy atom. The van der Waals surface area contributed by atoms with Gasteiger partial charge in [-0.05, 0) is 72.6 Å². The molecule has 0 saturated heterocycles. The first-order valence-electron chi connectivity index (χ1n) is 13.4. The van der Waals surface area contributed by atoms with Gasteiger partial charge < -0.3 is 4.90 Å². The van der Waals surface area contributed by atoms with Gasteiger partial charge in [-0.2, -0.15) is 44.3 Å². The maximum absolute atomic E-state index is 13.9. The van der Waals surface area contributed by atoms with Crippen LogP contribution in [0.2, 0.25) is 0 Å². The number of rotatable bonds is 10. The number of anilines is 1. The fraction of sp³-hybridized carbons (Fsp3) is 0.429. The lowest BCUT2D eigenvalue weighted by molar-refractivity contribution is -0.143. The van der Waals surface area contributed by atoms with Crippen LogP contribution in [0.5, 0.6) is 0 Å². The van der Waals surface area contributed by atoms with Crippen molar-refractivity contribution >= 4 is 17.3 Å². The summed E-state index contributed by atoms with van der Waals surface area (Å²) in [7, 11) is 3.17. The minimum atomic E-state index is -5.09. The number of benzene rings is 2. The summed E-state index contributed by atoms with van der Waals surface area (Å²) >= 11 is 1.45. The van der Waals surface area contributed by atoms with Gasteiger partial charge in [-0.3, -0.25) is 4.90 Å². The first-order chi connectivity index (χ1) is 20.8. The summed E-state index contributed by atoms with van der Waals surface area (Å²) in [5, 5.41) is 14.3. The van der Waals surface area contributed by atoms with Gasteiger partial charge in [0.25, 0.3) is 5.95 Å². The van der Waals surface area contributed by atoms with E-state index in [9.17, 15) is 39.5 Å². The van der Waals surface area contributed by atoms with Gasteiger partial charge in [0, 0.05) is 31.1 Å². The summed E-state index contributed by atoms with van der Waals surface area (Å²) in [5.74, 6) is -0.203. The predicted molar refractivity (Wildman–Crippen MR) is 148 cm³/mol. The first kappa shape index (κ1) is 34.1. The number of thiazole rings is 1. The van der Waals surface area contributed by atoms with Crippen LogP contribution in [0.25, 0.3) is 0 Å². The Bertz CT molecular complexity index is 1580. The highest BCUT2D eigenvalue weighted by atomic mass is 32.1. The highest BCUT2D eigenvalue weighted by molar-refractivity contribution is 7.09. The van der Waals surface area contributed by atoms with Crippen molar-refractivity contribution in [2.45, 2.75) is 64.5 Å². The molecule has 7 nitrogen and oxygen atoms in total. The molecule has 1 atom stereocenters. The number of alkyl halides is 9. The molecular weight excluding hydrogens is 637 g/mol. The molecule has 244 valence electrons. The van der Waals surface area contributed by atoms with E-state index in [4.69, 9.17) is 0 Å². The van der Waals surface area contributed by atoms with Gasteiger partial charge >= 0.3 is 18.5 Å². The molecule has 0 radical (unpaired) electrons. The summed E-state index contributed by atoms with van der Waals surface area (Å²) in [6.07, 6.45) is -14.4. The Balaban J connectivity index is 1.80. The van der Waals surface area contributed by atoms with E-state index in [1.807, 2.05) is 24.1 Å². The van der Waals surface area contributed by atoms with E-state index < -0.39 is 53.4 Å². The molecule has 0 aliphatic carbocycles. The third kappa shape index (κ3) is 8.51. The van der Waals surface area contributed by atoms with Crippen molar-refractivity contribution < 1.29 is 39.5 Å². The summed E-state index contributed by atoms with van der Waals surface area (Å²) in [6.45, 7) is 3.08. The van der Waals surface area contributed by atoms with E-state index in [-0.39, 0.29) is 24.1 Å². The second-order valence-corrected chi connectivity index (χ2v) is 11.5. The molecule has 4 rings (SSSR count). The molecule has 0 spiro atoms. The molecule has 0 amide bonds. The largest absolute Gasteiger partial charge is 0.416 e. The van der Waals surface area contributed by atoms with Crippen LogP contribution in [0, 0.1) is 6.92 Å². The lowest BCUT2D eigenvalue weighted by Gasteiger charge is -2.31. The quantitative estimate of drug-likeness (QED) is 0.161. The maximum atomic E-state index is 13.9. The van der Waals surface area contributed by atoms with E-state index in [1.54, 1.807) is 7.05 Å². The highest BCUT2D eigenvalue weighted by Crippen LogP contribution is 2.38. The number of nitrogens with zero attached hydrogens (tertiary/aromatic N) is 7. The normalized spacial score (nSPS) is 13.5. The number of hydrogen-bond acceptors (Lipinski definition) is 7. The highest BCUT2D eigenvalue weighted by Gasteiger charge is 2.37. The number of halogens is 9. The van der Waals surface area contributed by atoms with Crippen LogP contribution in [0.15, 0.2) is 41.8 Å². The fourth-order valence-electron chi connectivity index (χ4n) is 4.99. The Labute approximate surface area is 256 Å². The molecular formula is C28H28F9N7S. The summed E-state index contributed by atoms with van der Waals surface area (Å²) in [5.41, 5.74) is -3.04. The molecule has 0 aliphatic heterocycles. The first-order valence-corrected chi connectivity index (χ1v) is 14.3. The lowest BCUT2D eigenvalue weighted by Crippen LogP contribution is -2.28. The van der Waals surface area contributed by atoms with Crippen LogP contribution >= 0.6 is 11.3 Å². The molecule has 0 bridgehead atoms. The number of hydrogen-bond donors (Lipinski definition) is 0. The van der Waals surface area contributed by atoms with Gasteiger partial charge in [0.2, 0.25) is 0 Å². The molecule has 0 N–H and O–H groups in total. The van der Waals surface area contributed by atoms with Crippen molar-refractivity contribution in [1.29, 1.82) is 0 Å². The Morgan fingerprint density at radius 1 is 0.844 bits per heavy atom. The second-order valence-electron chi connectivity index (χ2n) is 10.5.